The quantitative estimate of drug-likeness (QED) is 0.568. The summed E-state index contributed by atoms with van der Waals surface area (Å²) in [6, 6.07) is 13.9. The van der Waals surface area contributed by atoms with E-state index in [1.807, 2.05) is 43.3 Å². The van der Waals surface area contributed by atoms with Crippen molar-refractivity contribution >= 4 is 62.4 Å². The minimum absolute atomic E-state index is 0.0581. The Labute approximate surface area is 194 Å². The Morgan fingerprint density at radius 3 is 2.35 bits per heavy atom. The summed E-state index contributed by atoms with van der Waals surface area (Å²) in [4.78, 5) is 40.4. The molecule has 0 bridgehead atoms. The molecule has 1 heterocycles. The summed E-state index contributed by atoms with van der Waals surface area (Å²) in [7, 11) is 0. The van der Waals surface area contributed by atoms with Gasteiger partial charge in [0.2, 0.25) is 11.8 Å². The average Bonchev–Trinajstić information content (AvgIpc) is 2.94. The maximum Gasteiger partial charge on any atom is 0.256 e. The molecule has 1 aliphatic rings. The fourth-order valence-electron chi connectivity index (χ4n) is 3.29. The van der Waals surface area contributed by atoms with E-state index in [0.29, 0.717) is 29.6 Å². The third-order valence-electron chi connectivity index (χ3n) is 4.84. The van der Waals surface area contributed by atoms with Crippen molar-refractivity contribution in [1.29, 1.82) is 0 Å². The van der Waals surface area contributed by atoms with Crippen LogP contribution in [-0.4, -0.2) is 46.9 Å². The van der Waals surface area contributed by atoms with Crippen LogP contribution in [0.2, 0.25) is 0 Å². The second kappa shape index (κ2) is 10.0. The summed E-state index contributed by atoms with van der Waals surface area (Å²) >= 11 is 8.95. The van der Waals surface area contributed by atoms with E-state index in [1.165, 1.54) is 11.8 Å². The smallest absolute Gasteiger partial charge is 0.256 e. The first-order valence-electron chi connectivity index (χ1n) is 9.77. The highest BCUT2D eigenvalue weighted by molar-refractivity contribution is 9.10. The second-order valence-electron chi connectivity index (χ2n) is 7.24. The van der Waals surface area contributed by atoms with Crippen LogP contribution in [0.3, 0.4) is 0 Å². The molecule has 2 N–H and O–H groups in total. The molecule has 2 aromatic carbocycles. The highest BCUT2D eigenvalue weighted by Crippen LogP contribution is 2.27. The van der Waals surface area contributed by atoms with Gasteiger partial charge in [-0.2, -0.15) is 0 Å². The molecule has 162 valence electrons. The molecule has 0 spiro atoms. The lowest BCUT2D eigenvalue weighted by atomic mass is 10.1. The van der Waals surface area contributed by atoms with Crippen molar-refractivity contribution in [2.75, 3.05) is 23.3 Å². The molecule has 0 radical (unpaired) electrons. The monoisotopic (exact) mass is 502 g/mol. The molecule has 1 atom stereocenters. The number of nitrogens with zero attached hydrogens (tertiary/aromatic N) is 2. The summed E-state index contributed by atoms with van der Waals surface area (Å²) in [5.41, 5.74) is 2.36. The SMILES string of the molecule is CC(=O)NCCN1C(=S)N(c2ccc(C)cc2)C(=O)[C@@H]1CC(=O)Nc1ccc(Br)cc1. The van der Waals surface area contributed by atoms with E-state index in [9.17, 15) is 14.4 Å². The molecule has 0 unspecified atom stereocenters. The largest absolute Gasteiger partial charge is 0.355 e. The number of nitrogens with one attached hydrogen (secondary N) is 2. The van der Waals surface area contributed by atoms with Crippen molar-refractivity contribution in [1.82, 2.24) is 10.2 Å². The van der Waals surface area contributed by atoms with Crippen molar-refractivity contribution in [2.24, 2.45) is 0 Å². The normalized spacial score (nSPS) is 15.9. The molecule has 0 saturated carbocycles. The zero-order valence-electron chi connectivity index (χ0n) is 17.2. The van der Waals surface area contributed by atoms with Crippen LogP contribution in [0.25, 0.3) is 0 Å². The van der Waals surface area contributed by atoms with Crippen LogP contribution in [0, 0.1) is 6.92 Å². The van der Waals surface area contributed by atoms with E-state index < -0.39 is 6.04 Å². The number of thiocarbonyl (C=S) groups is 1. The maximum absolute atomic E-state index is 13.3. The first-order valence-corrected chi connectivity index (χ1v) is 11.0. The number of halogens is 1. The van der Waals surface area contributed by atoms with Crippen LogP contribution in [0.5, 0.6) is 0 Å². The lowest BCUT2D eigenvalue weighted by Crippen LogP contribution is -2.42. The van der Waals surface area contributed by atoms with Crippen molar-refractivity contribution in [2.45, 2.75) is 26.3 Å². The second-order valence-corrected chi connectivity index (χ2v) is 8.52. The van der Waals surface area contributed by atoms with Gasteiger partial charge in [-0.1, -0.05) is 33.6 Å². The lowest BCUT2D eigenvalue weighted by molar-refractivity contribution is -0.124. The van der Waals surface area contributed by atoms with Crippen molar-refractivity contribution in [3.63, 3.8) is 0 Å². The van der Waals surface area contributed by atoms with Crippen LogP contribution in [-0.2, 0) is 14.4 Å². The maximum atomic E-state index is 13.3. The third kappa shape index (κ3) is 5.68. The predicted molar refractivity (Wildman–Crippen MR) is 128 cm³/mol. The standard InChI is InChI=1S/C22H23BrN4O3S/c1-14-3-9-18(10-4-14)27-21(30)19(26(22(27)31)12-11-24-15(2)28)13-20(29)25-17-7-5-16(23)6-8-17/h3-10,19H,11-13H2,1-2H3,(H,24,28)(H,25,29)/t19-/m0/s1. The van der Waals surface area contributed by atoms with Crippen molar-refractivity contribution < 1.29 is 14.4 Å². The van der Waals surface area contributed by atoms with Crippen LogP contribution >= 0.6 is 28.1 Å². The molecule has 1 saturated heterocycles. The minimum Gasteiger partial charge on any atom is -0.355 e. The number of anilines is 2. The molecule has 3 amide bonds. The number of rotatable bonds is 7. The molecule has 2 aromatic rings. The fraction of sp³-hybridized carbons (Fsp3) is 0.273. The fourth-order valence-corrected chi connectivity index (χ4v) is 3.97. The number of carbonyl (C=O) groups excluding carboxylic acids is 3. The zero-order chi connectivity index (χ0) is 22.5. The van der Waals surface area contributed by atoms with Gasteiger partial charge in [-0.05, 0) is 55.5 Å². The van der Waals surface area contributed by atoms with Crippen LogP contribution in [0.15, 0.2) is 53.0 Å². The summed E-state index contributed by atoms with van der Waals surface area (Å²) < 4.78 is 0.903. The molecular weight excluding hydrogens is 480 g/mol. The van der Waals surface area contributed by atoms with E-state index in [0.717, 1.165) is 10.0 Å². The summed E-state index contributed by atoms with van der Waals surface area (Å²) in [6.07, 6.45) is -0.0581. The van der Waals surface area contributed by atoms with Gasteiger partial charge in [0.05, 0.1) is 12.1 Å². The Kier molecular flexibility index (Phi) is 7.40. The average molecular weight is 503 g/mol. The van der Waals surface area contributed by atoms with Gasteiger partial charge in [0, 0.05) is 30.2 Å². The van der Waals surface area contributed by atoms with Gasteiger partial charge in [0.15, 0.2) is 5.11 Å². The summed E-state index contributed by atoms with van der Waals surface area (Å²) in [5, 5.41) is 5.85. The molecule has 31 heavy (non-hydrogen) atoms. The van der Waals surface area contributed by atoms with Gasteiger partial charge in [0.25, 0.3) is 5.91 Å². The molecule has 1 fully saturated rings. The van der Waals surface area contributed by atoms with Crippen molar-refractivity contribution in [3.05, 3.63) is 58.6 Å². The number of hydrogen-bond donors (Lipinski definition) is 2. The van der Waals surface area contributed by atoms with Gasteiger partial charge in [0.1, 0.15) is 6.04 Å². The molecule has 1 aliphatic heterocycles. The lowest BCUT2D eigenvalue weighted by Gasteiger charge is -2.24. The van der Waals surface area contributed by atoms with Gasteiger partial charge >= 0.3 is 0 Å². The van der Waals surface area contributed by atoms with Crippen molar-refractivity contribution in [3.8, 4) is 0 Å². The number of benzene rings is 2. The Morgan fingerprint density at radius 2 is 1.74 bits per heavy atom. The third-order valence-corrected chi connectivity index (χ3v) is 5.79. The highest BCUT2D eigenvalue weighted by atomic mass is 79.9. The molecule has 9 heteroatoms. The topological polar surface area (TPSA) is 81.8 Å². The Morgan fingerprint density at radius 1 is 1.10 bits per heavy atom. The van der Waals surface area contributed by atoms with Crippen LogP contribution in [0.1, 0.15) is 18.9 Å². The molecule has 7 nitrogen and oxygen atoms in total. The van der Waals surface area contributed by atoms with Gasteiger partial charge in [-0.15, -0.1) is 0 Å². The number of aryl methyl sites for hydroxylation is 1. The Hall–Kier alpha value is -2.78. The molecule has 0 aromatic heterocycles. The summed E-state index contributed by atoms with van der Waals surface area (Å²) in [6.45, 7) is 4.02. The summed E-state index contributed by atoms with van der Waals surface area (Å²) in [5.74, 6) is -0.724. The minimum atomic E-state index is -0.752. The molecule has 0 aliphatic carbocycles. The van der Waals surface area contributed by atoms with E-state index in [2.05, 4.69) is 26.6 Å². The van der Waals surface area contributed by atoms with E-state index in [1.54, 1.807) is 17.0 Å². The van der Waals surface area contributed by atoms with E-state index in [-0.39, 0.29) is 24.1 Å². The van der Waals surface area contributed by atoms with Gasteiger partial charge in [-0.25, -0.2) is 0 Å². The Bertz CT molecular complexity index is 995. The van der Waals surface area contributed by atoms with Gasteiger partial charge < -0.3 is 15.5 Å². The highest BCUT2D eigenvalue weighted by Gasteiger charge is 2.43. The molecule has 3 rings (SSSR count). The number of carbonyl (C=O) groups is 3. The number of amides is 3. The molecular formula is C22H23BrN4O3S. The van der Waals surface area contributed by atoms with Crippen LogP contribution in [0.4, 0.5) is 11.4 Å². The zero-order valence-corrected chi connectivity index (χ0v) is 19.6. The Balaban J connectivity index is 1.79. The van der Waals surface area contributed by atoms with E-state index in [4.69, 9.17) is 12.2 Å². The van der Waals surface area contributed by atoms with E-state index >= 15 is 0 Å². The predicted octanol–water partition coefficient (Wildman–Crippen LogP) is 3.22. The first kappa shape index (κ1) is 22.9. The number of hydrogen-bond acceptors (Lipinski definition) is 4. The first-order chi connectivity index (χ1) is 14.8. The van der Waals surface area contributed by atoms with Gasteiger partial charge in [-0.3, -0.25) is 19.3 Å². The van der Waals surface area contributed by atoms with Crippen LogP contribution < -0.4 is 15.5 Å².